The third kappa shape index (κ3) is 5.59. The molecule has 171 valence electrons. The first-order chi connectivity index (χ1) is 16.6. The van der Waals surface area contributed by atoms with Gasteiger partial charge in [-0.1, -0.05) is 25.0 Å². The number of carbonyl (C=O) groups is 2. The summed E-state index contributed by atoms with van der Waals surface area (Å²) in [7, 11) is 3.30. The van der Waals surface area contributed by atoms with Crippen LogP contribution in [0.3, 0.4) is 0 Å². The summed E-state index contributed by atoms with van der Waals surface area (Å²) in [6.45, 7) is 1.89. The number of anilines is 1. The SMILES string of the molecule is C[B]n1ccc(C(=O)NC(COC)C(=O)Nc2nc(-c3cccc(-c4ccncc4)c3)cs2)c1. The van der Waals surface area contributed by atoms with Gasteiger partial charge in [0.1, 0.15) is 6.04 Å². The molecular formula is C24H23BN5O3S. The van der Waals surface area contributed by atoms with Crippen molar-refractivity contribution in [3.05, 3.63) is 78.2 Å². The van der Waals surface area contributed by atoms with Gasteiger partial charge in [-0.2, -0.15) is 0 Å². The molecule has 0 saturated heterocycles. The van der Waals surface area contributed by atoms with Gasteiger partial charge < -0.3 is 19.8 Å². The number of rotatable bonds is 9. The average molecular weight is 472 g/mol. The van der Waals surface area contributed by atoms with Crippen LogP contribution in [0.2, 0.25) is 6.82 Å². The molecule has 1 unspecified atom stereocenters. The molecule has 8 nitrogen and oxygen atoms in total. The van der Waals surface area contributed by atoms with E-state index in [-0.39, 0.29) is 12.5 Å². The molecule has 0 aliphatic rings. The van der Waals surface area contributed by atoms with Crippen molar-refractivity contribution in [1.82, 2.24) is 19.8 Å². The van der Waals surface area contributed by atoms with E-state index in [1.54, 1.807) is 35.3 Å². The lowest BCUT2D eigenvalue weighted by molar-refractivity contribution is -0.119. The molecule has 0 spiro atoms. The van der Waals surface area contributed by atoms with Gasteiger partial charge in [0.15, 0.2) is 5.13 Å². The van der Waals surface area contributed by atoms with Gasteiger partial charge in [0.25, 0.3) is 11.8 Å². The topological polar surface area (TPSA) is 98.1 Å². The molecule has 0 aliphatic carbocycles. The number of thiazole rings is 1. The summed E-state index contributed by atoms with van der Waals surface area (Å²) in [4.78, 5) is 34.0. The van der Waals surface area contributed by atoms with Crippen LogP contribution in [-0.4, -0.2) is 53.4 Å². The fourth-order valence-corrected chi connectivity index (χ4v) is 4.08. The van der Waals surface area contributed by atoms with Gasteiger partial charge >= 0.3 is 0 Å². The quantitative estimate of drug-likeness (QED) is 0.363. The zero-order chi connectivity index (χ0) is 23.9. The minimum absolute atomic E-state index is 0.0321. The largest absolute Gasteiger partial charge is 0.402 e. The van der Waals surface area contributed by atoms with Crippen molar-refractivity contribution in [1.29, 1.82) is 0 Å². The van der Waals surface area contributed by atoms with E-state index in [0.717, 1.165) is 22.4 Å². The highest BCUT2D eigenvalue weighted by atomic mass is 32.1. The molecule has 1 aromatic carbocycles. The second-order valence-corrected chi connectivity index (χ2v) is 8.29. The maximum Gasteiger partial charge on any atom is 0.253 e. The molecule has 0 aliphatic heterocycles. The fraction of sp³-hybridized carbons (Fsp3) is 0.167. The molecule has 2 amide bonds. The molecule has 0 bridgehead atoms. The minimum atomic E-state index is -0.867. The van der Waals surface area contributed by atoms with Crippen molar-refractivity contribution in [2.45, 2.75) is 12.9 Å². The van der Waals surface area contributed by atoms with E-state index in [4.69, 9.17) is 4.74 Å². The zero-order valence-corrected chi connectivity index (χ0v) is 19.6. The maximum absolute atomic E-state index is 12.9. The van der Waals surface area contributed by atoms with E-state index < -0.39 is 11.9 Å². The van der Waals surface area contributed by atoms with Gasteiger partial charge in [-0.15, -0.1) is 11.3 Å². The van der Waals surface area contributed by atoms with Crippen molar-refractivity contribution in [2.24, 2.45) is 0 Å². The molecule has 3 aromatic heterocycles. The first-order valence-electron chi connectivity index (χ1n) is 10.6. The predicted octanol–water partition coefficient (Wildman–Crippen LogP) is 3.57. The van der Waals surface area contributed by atoms with Gasteiger partial charge in [0.05, 0.1) is 17.9 Å². The highest BCUT2D eigenvalue weighted by Gasteiger charge is 2.23. The molecule has 34 heavy (non-hydrogen) atoms. The Bertz CT molecular complexity index is 1270. The standard InChI is InChI=1S/C24H23BN5O3S/c1-25-30-11-8-19(13-30)22(31)27-20(14-33-2)23(32)29-24-28-21(15-34-24)18-5-3-4-17(12-18)16-6-9-26-10-7-16/h3-13,15,20H,14H2,1-2H3,(H,27,31)(H,28,29,32). The molecule has 10 heteroatoms. The van der Waals surface area contributed by atoms with Gasteiger partial charge in [0.2, 0.25) is 7.41 Å². The average Bonchev–Trinajstić information content (AvgIpc) is 3.54. The Balaban J connectivity index is 1.45. The van der Waals surface area contributed by atoms with Crippen LogP contribution in [0.15, 0.2) is 72.6 Å². The highest BCUT2D eigenvalue weighted by molar-refractivity contribution is 7.14. The van der Waals surface area contributed by atoms with Crippen LogP contribution >= 0.6 is 11.3 Å². The van der Waals surface area contributed by atoms with Crippen LogP contribution < -0.4 is 10.6 Å². The van der Waals surface area contributed by atoms with Crippen molar-refractivity contribution >= 4 is 35.7 Å². The van der Waals surface area contributed by atoms with E-state index in [2.05, 4.69) is 20.6 Å². The van der Waals surface area contributed by atoms with E-state index in [1.165, 1.54) is 18.4 Å². The third-order valence-electron chi connectivity index (χ3n) is 5.14. The van der Waals surface area contributed by atoms with Crippen molar-refractivity contribution < 1.29 is 14.3 Å². The number of ether oxygens (including phenoxy) is 1. The highest BCUT2D eigenvalue weighted by Crippen LogP contribution is 2.28. The molecule has 0 fully saturated rings. The molecule has 0 saturated carbocycles. The smallest absolute Gasteiger partial charge is 0.253 e. The minimum Gasteiger partial charge on any atom is -0.402 e. The van der Waals surface area contributed by atoms with Crippen molar-refractivity contribution in [3.63, 3.8) is 0 Å². The second-order valence-electron chi connectivity index (χ2n) is 7.43. The fourth-order valence-electron chi connectivity index (χ4n) is 3.36. The number of methoxy groups -OCH3 is 1. The maximum atomic E-state index is 12.9. The molecule has 2 N–H and O–H groups in total. The van der Waals surface area contributed by atoms with Crippen LogP contribution in [0.5, 0.6) is 0 Å². The zero-order valence-electron chi connectivity index (χ0n) is 18.8. The normalized spacial score (nSPS) is 11.6. The van der Waals surface area contributed by atoms with E-state index in [0.29, 0.717) is 10.7 Å². The van der Waals surface area contributed by atoms with E-state index in [9.17, 15) is 9.59 Å². The van der Waals surface area contributed by atoms with Gasteiger partial charge in [-0.25, -0.2) is 4.98 Å². The first kappa shape index (κ1) is 23.4. The lowest BCUT2D eigenvalue weighted by atomic mass is 10.0. The van der Waals surface area contributed by atoms with Crippen LogP contribution in [0.1, 0.15) is 10.4 Å². The lowest BCUT2D eigenvalue weighted by Crippen LogP contribution is -2.46. The van der Waals surface area contributed by atoms with Crippen molar-refractivity contribution in [2.75, 3.05) is 19.0 Å². The second kappa shape index (κ2) is 10.9. The number of benzene rings is 1. The monoisotopic (exact) mass is 472 g/mol. The summed E-state index contributed by atoms with van der Waals surface area (Å²) in [5.41, 5.74) is 4.25. The number of pyridine rings is 1. The summed E-state index contributed by atoms with van der Waals surface area (Å²) in [5.74, 6) is -0.756. The Morgan fingerprint density at radius 3 is 2.68 bits per heavy atom. The van der Waals surface area contributed by atoms with Crippen LogP contribution in [0.25, 0.3) is 22.4 Å². The van der Waals surface area contributed by atoms with E-state index in [1.807, 2.05) is 56.0 Å². The molecule has 4 rings (SSSR count). The Labute approximate surface area is 202 Å². The molecule has 3 heterocycles. The number of nitrogens with one attached hydrogen (secondary N) is 2. The van der Waals surface area contributed by atoms with Gasteiger partial charge in [-0.3, -0.25) is 14.6 Å². The van der Waals surface area contributed by atoms with E-state index >= 15 is 0 Å². The van der Waals surface area contributed by atoms with Crippen LogP contribution in [0, 0.1) is 0 Å². The molecule has 4 aromatic rings. The predicted molar refractivity (Wildman–Crippen MR) is 134 cm³/mol. The Kier molecular flexibility index (Phi) is 7.51. The lowest BCUT2D eigenvalue weighted by Gasteiger charge is -2.16. The summed E-state index contributed by atoms with van der Waals surface area (Å²) in [6, 6.07) is 12.7. The van der Waals surface area contributed by atoms with Gasteiger partial charge in [-0.05, 0) is 41.6 Å². The summed E-state index contributed by atoms with van der Waals surface area (Å²) >= 11 is 1.32. The summed E-state index contributed by atoms with van der Waals surface area (Å²) < 4.78 is 6.91. The Morgan fingerprint density at radius 2 is 1.94 bits per heavy atom. The Hall–Kier alpha value is -3.76. The summed E-state index contributed by atoms with van der Waals surface area (Å²) in [5, 5.41) is 7.84. The summed E-state index contributed by atoms with van der Waals surface area (Å²) in [6.07, 6.45) is 6.96. The van der Waals surface area contributed by atoms with Crippen LogP contribution in [-0.2, 0) is 9.53 Å². The number of carbonyl (C=O) groups excluding carboxylic acids is 2. The number of hydrogen-bond acceptors (Lipinski definition) is 6. The number of aromatic nitrogens is 3. The Morgan fingerprint density at radius 1 is 1.15 bits per heavy atom. The van der Waals surface area contributed by atoms with Crippen LogP contribution in [0.4, 0.5) is 5.13 Å². The van der Waals surface area contributed by atoms with Crippen molar-refractivity contribution in [3.8, 4) is 22.4 Å². The number of hydrogen-bond donors (Lipinski definition) is 2. The number of amides is 2. The molecule has 1 radical (unpaired) electrons. The molecule has 1 atom stereocenters. The third-order valence-corrected chi connectivity index (χ3v) is 5.89. The first-order valence-corrected chi connectivity index (χ1v) is 11.5. The molecular weight excluding hydrogens is 449 g/mol. The number of nitrogens with zero attached hydrogens (tertiary/aromatic N) is 3. The van der Waals surface area contributed by atoms with Gasteiger partial charge in [0, 0.05) is 36.6 Å².